The third-order valence-corrected chi connectivity index (χ3v) is 4.36. The van der Waals surface area contributed by atoms with Gasteiger partial charge in [0.15, 0.2) is 11.4 Å². The van der Waals surface area contributed by atoms with Crippen molar-refractivity contribution < 1.29 is 8.81 Å². The summed E-state index contributed by atoms with van der Waals surface area (Å²) in [7, 11) is 0. The van der Waals surface area contributed by atoms with Crippen molar-refractivity contribution in [3.63, 3.8) is 0 Å². The van der Waals surface area contributed by atoms with Crippen molar-refractivity contribution in [3.8, 4) is 11.6 Å². The lowest BCUT2D eigenvalue weighted by molar-refractivity contribution is 0.577. The van der Waals surface area contributed by atoms with Gasteiger partial charge in [-0.25, -0.2) is 14.4 Å². The molecule has 0 atom stereocenters. The number of rotatable bonds is 4. The molecule has 3 aromatic heterocycles. The highest BCUT2D eigenvalue weighted by atomic mass is 32.2. The monoisotopic (exact) mass is 341 g/mol. The molecule has 4 rings (SSSR count). The van der Waals surface area contributed by atoms with Crippen molar-refractivity contribution in [2.24, 2.45) is 0 Å². The van der Waals surface area contributed by atoms with Crippen molar-refractivity contribution in [2.45, 2.75) is 10.8 Å². The van der Waals surface area contributed by atoms with Crippen LogP contribution in [0.3, 0.4) is 0 Å². The minimum absolute atomic E-state index is 0.217. The lowest BCUT2D eigenvalue weighted by atomic mass is 10.2. The number of hydrogen-bond acceptors (Lipinski definition) is 6. The maximum Gasteiger partial charge on any atom is 0.224 e. The summed E-state index contributed by atoms with van der Waals surface area (Å²) in [6, 6.07) is 12.0. The van der Waals surface area contributed by atoms with Gasteiger partial charge in [-0.15, -0.1) is 16.9 Å². The first-order chi connectivity index (χ1) is 11.7. The number of anilines is 1. The Morgan fingerprint density at radius 3 is 2.83 bits per heavy atom. The average molecular weight is 341 g/mol. The van der Waals surface area contributed by atoms with E-state index in [0.717, 1.165) is 0 Å². The number of fused-ring (bicyclic) bond motifs is 1. The third-order valence-electron chi connectivity index (χ3n) is 3.40. The highest BCUT2D eigenvalue weighted by Gasteiger charge is 2.13. The van der Waals surface area contributed by atoms with Gasteiger partial charge in [0.2, 0.25) is 11.8 Å². The second-order valence-electron chi connectivity index (χ2n) is 5.02. The van der Waals surface area contributed by atoms with Gasteiger partial charge in [0.25, 0.3) is 0 Å². The molecule has 2 N–H and O–H groups in total. The standard InChI is InChI=1S/C16H12FN5OS/c17-11-5-2-1-4-10(11)9-24-14-8-13-19-15(12-6-3-7-23-12)21-22(13)16(18)20-14/h1-8H,9H2,(H2,18,20). The number of nitrogens with zero attached hydrogens (tertiary/aromatic N) is 4. The Morgan fingerprint density at radius 2 is 2.04 bits per heavy atom. The Balaban J connectivity index is 1.64. The van der Waals surface area contributed by atoms with Gasteiger partial charge in [-0.3, -0.25) is 0 Å². The Hall–Kier alpha value is -2.87. The molecule has 0 amide bonds. The zero-order valence-corrected chi connectivity index (χ0v) is 13.2. The predicted octanol–water partition coefficient (Wildman–Crippen LogP) is 3.40. The largest absolute Gasteiger partial charge is 0.461 e. The fraction of sp³-hybridized carbons (Fsp3) is 0.0625. The van der Waals surface area contributed by atoms with Gasteiger partial charge in [-0.2, -0.15) is 4.52 Å². The van der Waals surface area contributed by atoms with Gasteiger partial charge in [-0.05, 0) is 23.8 Å². The van der Waals surface area contributed by atoms with Crippen LogP contribution in [0.2, 0.25) is 0 Å². The topological polar surface area (TPSA) is 82.2 Å². The number of thioether (sulfide) groups is 1. The molecule has 0 spiro atoms. The van der Waals surface area contributed by atoms with Crippen LogP contribution in [0.15, 0.2) is 58.2 Å². The van der Waals surface area contributed by atoms with E-state index in [2.05, 4.69) is 15.1 Å². The third kappa shape index (κ3) is 2.71. The van der Waals surface area contributed by atoms with Crippen molar-refractivity contribution >= 4 is 23.4 Å². The number of halogens is 1. The molecule has 6 nitrogen and oxygen atoms in total. The molecule has 3 heterocycles. The van der Waals surface area contributed by atoms with Crippen LogP contribution < -0.4 is 5.73 Å². The molecule has 0 fully saturated rings. The molecular weight excluding hydrogens is 329 g/mol. The first kappa shape index (κ1) is 14.7. The van der Waals surface area contributed by atoms with Crippen LogP contribution in [0.4, 0.5) is 10.3 Å². The summed E-state index contributed by atoms with van der Waals surface area (Å²) < 4.78 is 20.4. The van der Waals surface area contributed by atoms with E-state index in [9.17, 15) is 4.39 Å². The SMILES string of the molecule is Nc1nc(SCc2ccccc2F)cc2nc(-c3ccco3)nn12. The summed E-state index contributed by atoms with van der Waals surface area (Å²) in [5, 5.41) is 4.94. The van der Waals surface area contributed by atoms with E-state index in [-0.39, 0.29) is 11.8 Å². The Labute approximate surface area is 140 Å². The molecule has 0 saturated carbocycles. The van der Waals surface area contributed by atoms with Crippen molar-refractivity contribution in [1.82, 2.24) is 19.6 Å². The predicted molar refractivity (Wildman–Crippen MR) is 88.9 cm³/mol. The highest BCUT2D eigenvalue weighted by Crippen LogP contribution is 2.25. The molecule has 4 aromatic rings. The molecule has 8 heteroatoms. The Morgan fingerprint density at radius 1 is 1.17 bits per heavy atom. The summed E-state index contributed by atoms with van der Waals surface area (Å²) in [5.74, 6) is 1.42. The number of benzene rings is 1. The number of nitrogen functional groups attached to an aromatic ring is 1. The zero-order chi connectivity index (χ0) is 16.5. The van der Waals surface area contributed by atoms with Crippen LogP contribution in [0.25, 0.3) is 17.2 Å². The van der Waals surface area contributed by atoms with Gasteiger partial charge in [0.05, 0.1) is 6.26 Å². The molecule has 0 bridgehead atoms. The normalized spacial score (nSPS) is 11.2. The maximum atomic E-state index is 13.7. The van der Waals surface area contributed by atoms with E-state index in [1.54, 1.807) is 42.7 Å². The zero-order valence-electron chi connectivity index (χ0n) is 12.4. The molecule has 0 saturated heterocycles. The van der Waals surface area contributed by atoms with Crippen LogP contribution >= 0.6 is 11.8 Å². The van der Waals surface area contributed by atoms with Crippen LogP contribution in [0.5, 0.6) is 0 Å². The molecule has 0 radical (unpaired) electrons. The highest BCUT2D eigenvalue weighted by molar-refractivity contribution is 7.98. The fourth-order valence-electron chi connectivity index (χ4n) is 2.24. The van der Waals surface area contributed by atoms with Crippen LogP contribution in [-0.2, 0) is 5.75 Å². The van der Waals surface area contributed by atoms with Crippen LogP contribution in [0, 0.1) is 5.82 Å². The molecule has 0 aliphatic carbocycles. The van der Waals surface area contributed by atoms with Crippen LogP contribution in [-0.4, -0.2) is 19.6 Å². The van der Waals surface area contributed by atoms with E-state index < -0.39 is 0 Å². The molecular formula is C16H12FN5OS. The molecule has 1 aromatic carbocycles. The van der Waals surface area contributed by atoms with Crippen LogP contribution in [0.1, 0.15) is 5.56 Å². The van der Waals surface area contributed by atoms with Crippen molar-refractivity contribution in [2.75, 3.05) is 5.73 Å². The number of hydrogen-bond donors (Lipinski definition) is 1. The van der Waals surface area contributed by atoms with E-state index in [4.69, 9.17) is 10.2 Å². The molecule has 0 aliphatic rings. The van der Waals surface area contributed by atoms with Crippen molar-refractivity contribution in [3.05, 3.63) is 60.1 Å². The summed E-state index contributed by atoms with van der Waals surface area (Å²) in [5.41, 5.74) is 7.13. The second-order valence-corrected chi connectivity index (χ2v) is 6.01. The summed E-state index contributed by atoms with van der Waals surface area (Å²) >= 11 is 1.39. The van der Waals surface area contributed by atoms with Gasteiger partial charge in [0, 0.05) is 11.8 Å². The summed E-state index contributed by atoms with van der Waals surface area (Å²) in [6.45, 7) is 0. The summed E-state index contributed by atoms with van der Waals surface area (Å²) in [4.78, 5) is 8.69. The maximum absolute atomic E-state index is 13.7. The summed E-state index contributed by atoms with van der Waals surface area (Å²) in [6.07, 6.45) is 1.55. The van der Waals surface area contributed by atoms with Crippen molar-refractivity contribution in [1.29, 1.82) is 0 Å². The molecule has 0 aliphatic heterocycles. The van der Waals surface area contributed by atoms with E-state index in [0.29, 0.717) is 33.6 Å². The first-order valence-electron chi connectivity index (χ1n) is 7.14. The fourth-order valence-corrected chi connectivity index (χ4v) is 3.12. The minimum Gasteiger partial charge on any atom is -0.461 e. The lowest BCUT2D eigenvalue weighted by Crippen LogP contribution is -2.02. The molecule has 120 valence electrons. The first-order valence-corrected chi connectivity index (χ1v) is 8.12. The van der Waals surface area contributed by atoms with Gasteiger partial charge >= 0.3 is 0 Å². The number of nitrogens with two attached hydrogens (primary N) is 1. The number of furan rings is 1. The smallest absolute Gasteiger partial charge is 0.224 e. The van der Waals surface area contributed by atoms with E-state index in [1.807, 2.05) is 0 Å². The van der Waals surface area contributed by atoms with E-state index >= 15 is 0 Å². The number of aromatic nitrogens is 4. The van der Waals surface area contributed by atoms with E-state index in [1.165, 1.54) is 22.3 Å². The van der Waals surface area contributed by atoms with Gasteiger partial charge in [0.1, 0.15) is 10.8 Å². The Bertz CT molecular complexity index is 999. The van der Waals surface area contributed by atoms with Gasteiger partial charge in [-0.1, -0.05) is 18.2 Å². The lowest BCUT2D eigenvalue weighted by Gasteiger charge is -2.04. The Kier molecular flexibility index (Phi) is 3.66. The minimum atomic E-state index is -0.235. The second kappa shape index (κ2) is 5.97. The van der Waals surface area contributed by atoms with Gasteiger partial charge < -0.3 is 10.2 Å². The average Bonchev–Trinajstić information content (AvgIpc) is 3.23. The molecule has 0 unspecified atom stereocenters. The quantitative estimate of drug-likeness (QED) is 0.452. The molecule has 24 heavy (non-hydrogen) atoms.